The van der Waals surface area contributed by atoms with E-state index in [9.17, 15) is 25.0 Å². The predicted molar refractivity (Wildman–Crippen MR) is 92.5 cm³/mol. The summed E-state index contributed by atoms with van der Waals surface area (Å²) in [5.74, 6) is -0.533. The monoisotopic (exact) mass is 358 g/mol. The lowest BCUT2D eigenvalue weighted by Gasteiger charge is -2.05. The molecule has 0 bridgehead atoms. The van der Waals surface area contributed by atoms with Crippen molar-refractivity contribution in [1.82, 2.24) is 5.43 Å². The van der Waals surface area contributed by atoms with Crippen LogP contribution in [-0.4, -0.2) is 29.1 Å². The molecule has 0 aliphatic carbocycles. The standard InChI is InChI=1S/C16H14N4O6/c1-10-12(4-3-5-13(10)19(22)23)16(21)18-17-9-11-6-7-15(26-2)14(8-11)20(24)25/h3-9H,1-2H3,(H,18,21)/b17-9-. The Morgan fingerprint density at radius 2 is 1.85 bits per heavy atom. The quantitative estimate of drug-likeness (QED) is 0.478. The van der Waals surface area contributed by atoms with Gasteiger partial charge in [-0.15, -0.1) is 0 Å². The summed E-state index contributed by atoms with van der Waals surface area (Å²) in [7, 11) is 1.32. The van der Waals surface area contributed by atoms with Gasteiger partial charge in [-0.2, -0.15) is 5.10 Å². The first-order chi connectivity index (χ1) is 12.3. The van der Waals surface area contributed by atoms with E-state index in [4.69, 9.17) is 4.74 Å². The van der Waals surface area contributed by atoms with E-state index in [2.05, 4.69) is 10.5 Å². The van der Waals surface area contributed by atoms with Crippen molar-refractivity contribution in [1.29, 1.82) is 0 Å². The zero-order chi connectivity index (χ0) is 19.3. The number of nitro benzene ring substituents is 2. The van der Waals surface area contributed by atoms with E-state index in [1.807, 2.05) is 0 Å². The molecule has 10 nitrogen and oxygen atoms in total. The van der Waals surface area contributed by atoms with Crippen molar-refractivity contribution in [2.75, 3.05) is 7.11 Å². The normalized spacial score (nSPS) is 10.5. The van der Waals surface area contributed by atoms with Crippen LogP contribution in [0.3, 0.4) is 0 Å². The summed E-state index contributed by atoms with van der Waals surface area (Å²) < 4.78 is 4.89. The molecule has 0 atom stereocenters. The second kappa shape index (κ2) is 7.83. The molecular formula is C16H14N4O6. The molecule has 2 aromatic carbocycles. The number of hydrogen-bond acceptors (Lipinski definition) is 7. The van der Waals surface area contributed by atoms with Crippen LogP contribution < -0.4 is 10.2 Å². The third-order valence-corrected chi connectivity index (χ3v) is 3.53. The minimum Gasteiger partial charge on any atom is -0.490 e. The number of carbonyl (C=O) groups is 1. The molecule has 0 saturated heterocycles. The number of nitrogens with one attached hydrogen (secondary N) is 1. The zero-order valence-electron chi connectivity index (χ0n) is 13.8. The van der Waals surface area contributed by atoms with Crippen LogP contribution in [0.2, 0.25) is 0 Å². The maximum Gasteiger partial charge on any atom is 0.311 e. The van der Waals surface area contributed by atoms with Crippen molar-refractivity contribution in [3.63, 3.8) is 0 Å². The Morgan fingerprint density at radius 1 is 1.15 bits per heavy atom. The lowest BCUT2D eigenvalue weighted by molar-refractivity contribution is -0.385. The SMILES string of the molecule is COc1ccc(/C=N\NC(=O)c2cccc([N+](=O)[O-])c2C)cc1[N+](=O)[O-]. The number of amides is 1. The Morgan fingerprint density at radius 3 is 2.46 bits per heavy atom. The number of rotatable bonds is 6. The van der Waals surface area contributed by atoms with E-state index in [0.29, 0.717) is 5.56 Å². The van der Waals surface area contributed by atoms with Gasteiger partial charge in [-0.3, -0.25) is 25.0 Å². The first-order valence-electron chi connectivity index (χ1n) is 7.25. The van der Waals surface area contributed by atoms with Gasteiger partial charge < -0.3 is 4.74 Å². The molecule has 2 rings (SSSR count). The number of nitro groups is 2. The third-order valence-electron chi connectivity index (χ3n) is 3.53. The molecule has 0 aliphatic heterocycles. The Hall–Kier alpha value is -3.82. The van der Waals surface area contributed by atoms with Gasteiger partial charge in [-0.25, -0.2) is 5.43 Å². The highest BCUT2D eigenvalue weighted by molar-refractivity contribution is 5.97. The van der Waals surface area contributed by atoms with Crippen LogP contribution in [-0.2, 0) is 0 Å². The summed E-state index contributed by atoms with van der Waals surface area (Å²) in [4.78, 5) is 32.9. The minimum absolute atomic E-state index is 0.100. The van der Waals surface area contributed by atoms with Crippen molar-refractivity contribution < 1.29 is 19.4 Å². The highest BCUT2D eigenvalue weighted by atomic mass is 16.6. The van der Waals surface area contributed by atoms with Crippen LogP contribution in [0.1, 0.15) is 21.5 Å². The van der Waals surface area contributed by atoms with Crippen LogP contribution >= 0.6 is 0 Å². The third kappa shape index (κ3) is 3.98. The van der Waals surface area contributed by atoms with Gasteiger partial charge in [0.1, 0.15) is 0 Å². The summed E-state index contributed by atoms with van der Waals surface area (Å²) in [5, 5.41) is 25.6. The molecular weight excluding hydrogens is 344 g/mol. The van der Waals surface area contributed by atoms with Gasteiger partial charge in [0.25, 0.3) is 11.6 Å². The fraction of sp³-hybridized carbons (Fsp3) is 0.125. The number of methoxy groups -OCH3 is 1. The van der Waals surface area contributed by atoms with Crippen LogP contribution in [0.15, 0.2) is 41.5 Å². The molecule has 0 aromatic heterocycles. The summed E-state index contributed by atoms with van der Waals surface area (Å²) in [6, 6.07) is 8.31. The fourth-order valence-electron chi connectivity index (χ4n) is 2.22. The summed E-state index contributed by atoms with van der Waals surface area (Å²) in [5.41, 5.74) is 2.52. The van der Waals surface area contributed by atoms with Gasteiger partial charge >= 0.3 is 5.69 Å². The number of nitrogens with zero attached hydrogens (tertiary/aromatic N) is 3. The van der Waals surface area contributed by atoms with Crippen molar-refractivity contribution >= 4 is 23.5 Å². The van der Waals surface area contributed by atoms with Crippen LogP contribution in [0.4, 0.5) is 11.4 Å². The zero-order valence-corrected chi connectivity index (χ0v) is 13.8. The average molecular weight is 358 g/mol. The van der Waals surface area contributed by atoms with Crippen LogP contribution in [0, 0.1) is 27.2 Å². The van der Waals surface area contributed by atoms with E-state index in [-0.39, 0.29) is 28.3 Å². The molecule has 1 N–H and O–H groups in total. The number of benzene rings is 2. The molecule has 0 fully saturated rings. The summed E-state index contributed by atoms with van der Waals surface area (Å²) in [6.07, 6.45) is 1.22. The molecule has 0 saturated carbocycles. The fourth-order valence-corrected chi connectivity index (χ4v) is 2.22. The molecule has 2 aromatic rings. The Bertz CT molecular complexity index is 910. The van der Waals surface area contributed by atoms with Crippen molar-refractivity contribution in [3.05, 3.63) is 73.3 Å². The number of carbonyl (C=O) groups excluding carboxylic acids is 1. The smallest absolute Gasteiger partial charge is 0.311 e. The average Bonchev–Trinajstić information content (AvgIpc) is 2.61. The second-order valence-corrected chi connectivity index (χ2v) is 5.09. The topological polar surface area (TPSA) is 137 Å². The van der Waals surface area contributed by atoms with Gasteiger partial charge in [0.05, 0.1) is 28.7 Å². The highest BCUT2D eigenvalue weighted by Gasteiger charge is 2.18. The lowest BCUT2D eigenvalue weighted by atomic mass is 10.1. The molecule has 0 spiro atoms. The van der Waals surface area contributed by atoms with Gasteiger partial charge in [0, 0.05) is 23.3 Å². The van der Waals surface area contributed by atoms with Crippen molar-refractivity contribution in [3.8, 4) is 5.75 Å². The van der Waals surface area contributed by atoms with E-state index < -0.39 is 15.8 Å². The maximum atomic E-state index is 12.1. The Labute approximate surface area is 147 Å². The van der Waals surface area contributed by atoms with Crippen molar-refractivity contribution in [2.45, 2.75) is 6.92 Å². The molecule has 1 amide bonds. The Balaban J connectivity index is 2.18. The molecule has 0 radical (unpaired) electrons. The first-order valence-corrected chi connectivity index (χ1v) is 7.25. The second-order valence-electron chi connectivity index (χ2n) is 5.09. The van der Waals surface area contributed by atoms with Crippen LogP contribution in [0.5, 0.6) is 5.75 Å². The number of hydrogen-bond donors (Lipinski definition) is 1. The van der Waals surface area contributed by atoms with Gasteiger partial charge in [0.2, 0.25) is 0 Å². The van der Waals surface area contributed by atoms with Gasteiger partial charge in [-0.1, -0.05) is 6.07 Å². The summed E-state index contributed by atoms with van der Waals surface area (Å²) >= 11 is 0. The van der Waals surface area contributed by atoms with Gasteiger partial charge in [0.15, 0.2) is 5.75 Å². The van der Waals surface area contributed by atoms with E-state index >= 15 is 0 Å². The molecule has 0 heterocycles. The minimum atomic E-state index is -0.634. The predicted octanol–water partition coefficient (Wildman–Crippen LogP) is 2.58. The Kier molecular flexibility index (Phi) is 5.58. The highest BCUT2D eigenvalue weighted by Crippen LogP contribution is 2.26. The summed E-state index contributed by atoms with van der Waals surface area (Å²) in [6.45, 7) is 1.46. The molecule has 0 unspecified atom stereocenters. The first kappa shape index (κ1) is 18.5. The molecule has 0 aliphatic rings. The molecule has 134 valence electrons. The molecule has 10 heteroatoms. The molecule has 26 heavy (non-hydrogen) atoms. The largest absolute Gasteiger partial charge is 0.490 e. The van der Waals surface area contributed by atoms with Crippen LogP contribution in [0.25, 0.3) is 0 Å². The number of hydrazone groups is 1. The van der Waals surface area contributed by atoms with E-state index in [1.54, 1.807) is 0 Å². The lowest BCUT2D eigenvalue weighted by Crippen LogP contribution is -2.19. The van der Waals surface area contributed by atoms with E-state index in [1.165, 1.54) is 56.6 Å². The maximum absolute atomic E-state index is 12.1. The van der Waals surface area contributed by atoms with Crippen molar-refractivity contribution in [2.24, 2.45) is 5.10 Å². The number of ether oxygens (including phenoxy) is 1. The van der Waals surface area contributed by atoms with Gasteiger partial charge in [-0.05, 0) is 25.1 Å². The van der Waals surface area contributed by atoms with E-state index in [0.717, 1.165) is 0 Å².